The molecule has 1 aromatic carbocycles. The van der Waals surface area contributed by atoms with Crippen LogP contribution in [0, 0.1) is 21.4 Å². The zero-order valence-corrected chi connectivity index (χ0v) is 13.4. The number of piperidine rings is 1. The lowest BCUT2D eigenvalue weighted by atomic mass is 9.96. The summed E-state index contributed by atoms with van der Waals surface area (Å²) in [5.74, 6) is 1.20. The van der Waals surface area contributed by atoms with Crippen LogP contribution in [0.25, 0.3) is 0 Å². The number of nitro benzene ring substituents is 1. The fraction of sp³-hybridized carbons (Fsp3) is 0.438. The molecule has 124 valence electrons. The minimum Gasteiger partial charge on any atom is -0.370 e. The first-order valence-electron chi connectivity index (χ1n) is 7.95. The molecule has 24 heavy (non-hydrogen) atoms. The summed E-state index contributed by atoms with van der Waals surface area (Å²) in [7, 11) is 0. The van der Waals surface area contributed by atoms with Gasteiger partial charge in [-0.1, -0.05) is 0 Å². The van der Waals surface area contributed by atoms with Crippen LogP contribution in [0.15, 0.2) is 24.5 Å². The van der Waals surface area contributed by atoms with Crippen molar-refractivity contribution < 1.29 is 4.92 Å². The molecule has 8 heteroatoms. The molecular formula is C16H18N6O2. The summed E-state index contributed by atoms with van der Waals surface area (Å²) in [5, 5.41) is 28.5. The largest absolute Gasteiger partial charge is 0.370 e. The van der Waals surface area contributed by atoms with E-state index in [0.29, 0.717) is 5.56 Å². The fourth-order valence-corrected chi connectivity index (χ4v) is 3.23. The van der Waals surface area contributed by atoms with Gasteiger partial charge >= 0.3 is 0 Å². The summed E-state index contributed by atoms with van der Waals surface area (Å²) in [6.45, 7) is 4.42. The van der Waals surface area contributed by atoms with Gasteiger partial charge in [0.25, 0.3) is 5.69 Å². The third-order valence-electron chi connectivity index (χ3n) is 4.42. The van der Waals surface area contributed by atoms with E-state index in [-0.39, 0.29) is 11.6 Å². The molecule has 1 aliphatic heterocycles. The van der Waals surface area contributed by atoms with E-state index >= 15 is 0 Å². The standard InChI is InChI=1S/C16H18N6O2/c1-2-20-11-18-19-16(20)12-4-3-7-21(10-12)15-6-5-14(22(23)24)8-13(15)9-17/h5-6,8,11-12H,2-4,7,10H2,1H3. The average Bonchev–Trinajstić information content (AvgIpc) is 3.10. The van der Waals surface area contributed by atoms with Crippen molar-refractivity contribution in [2.24, 2.45) is 0 Å². The Morgan fingerprint density at radius 1 is 1.50 bits per heavy atom. The Balaban J connectivity index is 1.87. The first-order valence-corrected chi connectivity index (χ1v) is 7.95. The van der Waals surface area contributed by atoms with Gasteiger partial charge < -0.3 is 9.47 Å². The van der Waals surface area contributed by atoms with Crippen LogP contribution in [-0.4, -0.2) is 32.8 Å². The monoisotopic (exact) mass is 326 g/mol. The number of rotatable bonds is 4. The zero-order chi connectivity index (χ0) is 17.1. The molecule has 0 radical (unpaired) electrons. The van der Waals surface area contributed by atoms with E-state index in [1.54, 1.807) is 12.4 Å². The normalized spacial score (nSPS) is 17.5. The van der Waals surface area contributed by atoms with Gasteiger partial charge in [0.15, 0.2) is 0 Å². The van der Waals surface area contributed by atoms with E-state index in [1.165, 1.54) is 12.1 Å². The fourth-order valence-electron chi connectivity index (χ4n) is 3.23. The molecule has 0 N–H and O–H groups in total. The van der Waals surface area contributed by atoms with Crippen LogP contribution < -0.4 is 4.90 Å². The maximum absolute atomic E-state index is 10.9. The van der Waals surface area contributed by atoms with E-state index in [1.807, 2.05) is 4.57 Å². The maximum Gasteiger partial charge on any atom is 0.270 e. The van der Waals surface area contributed by atoms with Crippen LogP contribution >= 0.6 is 0 Å². The average molecular weight is 326 g/mol. The van der Waals surface area contributed by atoms with E-state index in [9.17, 15) is 15.4 Å². The third kappa shape index (κ3) is 2.93. The highest BCUT2D eigenvalue weighted by atomic mass is 16.6. The van der Waals surface area contributed by atoms with Crippen LogP contribution in [0.5, 0.6) is 0 Å². The van der Waals surface area contributed by atoms with Gasteiger partial charge in [-0.2, -0.15) is 5.26 Å². The topological polar surface area (TPSA) is 101 Å². The molecule has 1 aliphatic rings. The van der Waals surface area contributed by atoms with Crippen molar-refractivity contribution in [2.45, 2.75) is 32.2 Å². The number of aryl methyl sites for hydroxylation is 1. The molecule has 1 unspecified atom stereocenters. The molecular weight excluding hydrogens is 308 g/mol. The van der Waals surface area contributed by atoms with Crippen molar-refractivity contribution >= 4 is 11.4 Å². The van der Waals surface area contributed by atoms with Gasteiger partial charge in [-0.3, -0.25) is 10.1 Å². The van der Waals surface area contributed by atoms with Gasteiger partial charge in [-0.05, 0) is 25.8 Å². The number of hydrogen-bond donors (Lipinski definition) is 0. The van der Waals surface area contributed by atoms with Crippen LogP contribution in [0.3, 0.4) is 0 Å². The molecule has 3 rings (SSSR count). The molecule has 1 saturated heterocycles. The zero-order valence-electron chi connectivity index (χ0n) is 13.4. The summed E-state index contributed by atoms with van der Waals surface area (Å²) in [5.41, 5.74) is 1.02. The second kappa shape index (κ2) is 6.66. The van der Waals surface area contributed by atoms with E-state index in [4.69, 9.17) is 0 Å². The lowest BCUT2D eigenvalue weighted by molar-refractivity contribution is -0.384. The molecule has 1 atom stereocenters. The number of anilines is 1. The van der Waals surface area contributed by atoms with Crippen LogP contribution in [-0.2, 0) is 6.54 Å². The molecule has 1 fully saturated rings. The quantitative estimate of drug-likeness (QED) is 0.632. The van der Waals surface area contributed by atoms with Crippen molar-refractivity contribution in [3.63, 3.8) is 0 Å². The SMILES string of the molecule is CCn1cnnc1C1CCCN(c2ccc([N+](=O)[O-])cc2C#N)C1. The number of nitrogens with zero attached hydrogens (tertiary/aromatic N) is 6. The summed E-state index contributed by atoms with van der Waals surface area (Å²) in [4.78, 5) is 12.5. The first kappa shape index (κ1) is 15.9. The van der Waals surface area contributed by atoms with Gasteiger partial charge in [-0.15, -0.1) is 10.2 Å². The van der Waals surface area contributed by atoms with Crippen LogP contribution in [0.1, 0.15) is 37.1 Å². The van der Waals surface area contributed by atoms with E-state index in [2.05, 4.69) is 28.1 Å². The molecule has 2 heterocycles. The predicted octanol–water partition coefficient (Wildman–Crippen LogP) is 2.46. The Morgan fingerprint density at radius 2 is 2.33 bits per heavy atom. The van der Waals surface area contributed by atoms with Crippen molar-refractivity contribution in [2.75, 3.05) is 18.0 Å². The highest BCUT2D eigenvalue weighted by Crippen LogP contribution is 2.32. The number of hydrogen-bond acceptors (Lipinski definition) is 6. The number of aromatic nitrogens is 3. The minimum absolute atomic E-state index is 0.0606. The van der Waals surface area contributed by atoms with Crippen molar-refractivity contribution in [3.8, 4) is 6.07 Å². The van der Waals surface area contributed by atoms with E-state index < -0.39 is 4.92 Å². The molecule has 0 spiro atoms. The number of nitriles is 1. The van der Waals surface area contributed by atoms with Crippen LogP contribution in [0.2, 0.25) is 0 Å². The van der Waals surface area contributed by atoms with Crippen LogP contribution in [0.4, 0.5) is 11.4 Å². The first-order chi connectivity index (χ1) is 11.6. The van der Waals surface area contributed by atoms with Gasteiger partial charge in [0.1, 0.15) is 18.2 Å². The maximum atomic E-state index is 10.9. The Kier molecular flexibility index (Phi) is 4.42. The molecule has 1 aromatic heterocycles. The number of nitro groups is 1. The molecule has 2 aromatic rings. The molecule has 0 aliphatic carbocycles. The molecule has 0 bridgehead atoms. The number of benzene rings is 1. The minimum atomic E-state index is -0.479. The highest BCUT2D eigenvalue weighted by Gasteiger charge is 2.27. The second-order valence-corrected chi connectivity index (χ2v) is 5.83. The third-order valence-corrected chi connectivity index (χ3v) is 4.42. The summed E-state index contributed by atoms with van der Waals surface area (Å²) < 4.78 is 2.04. The molecule has 0 amide bonds. The lowest BCUT2D eigenvalue weighted by Crippen LogP contribution is -2.35. The van der Waals surface area contributed by atoms with Gasteiger partial charge in [0.2, 0.25) is 0 Å². The van der Waals surface area contributed by atoms with Gasteiger partial charge in [0.05, 0.1) is 16.2 Å². The summed E-state index contributed by atoms with van der Waals surface area (Å²) >= 11 is 0. The number of non-ortho nitro benzene ring substituents is 1. The summed E-state index contributed by atoms with van der Waals surface area (Å²) in [6, 6.07) is 6.54. The Labute approximate surface area is 139 Å². The summed E-state index contributed by atoms with van der Waals surface area (Å²) in [6.07, 6.45) is 3.73. The molecule has 8 nitrogen and oxygen atoms in total. The predicted molar refractivity (Wildman–Crippen MR) is 87.7 cm³/mol. The molecule has 0 saturated carbocycles. The van der Waals surface area contributed by atoms with Gasteiger partial charge in [-0.25, -0.2) is 0 Å². The second-order valence-electron chi connectivity index (χ2n) is 5.83. The van der Waals surface area contributed by atoms with Crippen molar-refractivity contribution in [1.29, 1.82) is 5.26 Å². The lowest BCUT2D eigenvalue weighted by Gasteiger charge is -2.34. The van der Waals surface area contributed by atoms with E-state index in [0.717, 1.165) is 44.0 Å². The van der Waals surface area contributed by atoms with Crippen molar-refractivity contribution in [1.82, 2.24) is 14.8 Å². The Morgan fingerprint density at radius 3 is 3.04 bits per heavy atom. The van der Waals surface area contributed by atoms with Crippen molar-refractivity contribution in [3.05, 3.63) is 46.0 Å². The highest BCUT2D eigenvalue weighted by molar-refractivity contribution is 5.63. The van der Waals surface area contributed by atoms with Gasteiger partial charge in [0, 0.05) is 37.7 Å². The Bertz CT molecular complexity index is 794. The Hall–Kier alpha value is -2.95. The smallest absolute Gasteiger partial charge is 0.270 e.